The molecule has 0 radical (unpaired) electrons. The summed E-state index contributed by atoms with van der Waals surface area (Å²) in [5, 5.41) is 17.3. The molecule has 1 heterocycles. The molecule has 1 aliphatic rings. The summed E-state index contributed by atoms with van der Waals surface area (Å²) in [4.78, 5) is 14.3. The van der Waals surface area contributed by atoms with Gasteiger partial charge in [-0.3, -0.25) is 4.98 Å². The van der Waals surface area contributed by atoms with Crippen LogP contribution in [0.3, 0.4) is 0 Å². The molecule has 2 aromatic rings. The molecule has 0 amide bonds. The maximum atomic E-state index is 11.4. The lowest BCUT2D eigenvalue weighted by Gasteiger charge is -2.28. The molecular weight excluding hydrogens is 270 g/mol. The standard InChI is InChI=1S/C15H17N3O3/c1-8-6-11(9-4-3-5-9)12(7-10(8)14(19)20)13-16-15(21-2)18-17-13/h6-7,9H,3-5H2,1-2H3,(H,19,20)(H,16,17,18). The van der Waals surface area contributed by atoms with Crippen LogP contribution in [0.4, 0.5) is 0 Å². The zero-order valence-corrected chi connectivity index (χ0v) is 12.0. The highest BCUT2D eigenvalue weighted by Crippen LogP contribution is 2.41. The third-order valence-corrected chi connectivity index (χ3v) is 4.09. The Morgan fingerprint density at radius 3 is 2.67 bits per heavy atom. The zero-order valence-electron chi connectivity index (χ0n) is 12.0. The van der Waals surface area contributed by atoms with Crippen molar-refractivity contribution in [3.63, 3.8) is 0 Å². The second kappa shape index (κ2) is 5.20. The van der Waals surface area contributed by atoms with Gasteiger partial charge in [0.1, 0.15) is 0 Å². The van der Waals surface area contributed by atoms with E-state index in [1.807, 2.05) is 13.0 Å². The Morgan fingerprint density at radius 1 is 1.38 bits per heavy atom. The quantitative estimate of drug-likeness (QED) is 0.902. The van der Waals surface area contributed by atoms with Gasteiger partial charge in [0, 0.05) is 5.56 Å². The number of benzene rings is 1. The minimum absolute atomic E-state index is 0.295. The van der Waals surface area contributed by atoms with Gasteiger partial charge in [0.15, 0.2) is 5.82 Å². The average molecular weight is 287 g/mol. The molecule has 0 spiro atoms. The monoisotopic (exact) mass is 287 g/mol. The van der Waals surface area contributed by atoms with Gasteiger partial charge in [0.05, 0.1) is 12.7 Å². The number of aromatic carboxylic acids is 1. The number of methoxy groups -OCH3 is 1. The van der Waals surface area contributed by atoms with Crippen LogP contribution in [0.25, 0.3) is 11.4 Å². The van der Waals surface area contributed by atoms with Crippen LogP contribution in [0.5, 0.6) is 6.01 Å². The summed E-state index contributed by atoms with van der Waals surface area (Å²) in [5.41, 5.74) is 3.02. The maximum absolute atomic E-state index is 11.4. The third kappa shape index (κ3) is 2.37. The van der Waals surface area contributed by atoms with Gasteiger partial charge in [0.25, 0.3) is 0 Å². The van der Waals surface area contributed by atoms with Gasteiger partial charge in [-0.25, -0.2) is 4.79 Å². The SMILES string of the molecule is COc1nnc(-c2cc(C(=O)O)c(C)cc2C2CCC2)[nH]1. The van der Waals surface area contributed by atoms with Crippen molar-refractivity contribution in [2.75, 3.05) is 7.11 Å². The molecule has 1 aromatic carbocycles. The lowest BCUT2D eigenvalue weighted by molar-refractivity contribution is 0.0696. The summed E-state index contributed by atoms with van der Waals surface area (Å²) in [7, 11) is 1.51. The smallest absolute Gasteiger partial charge is 0.335 e. The molecule has 0 aliphatic heterocycles. The number of aryl methyl sites for hydroxylation is 1. The first kappa shape index (κ1) is 13.6. The number of hydrogen-bond acceptors (Lipinski definition) is 4. The molecule has 1 fully saturated rings. The Kier molecular flexibility index (Phi) is 3.37. The van der Waals surface area contributed by atoms with E-state index in [4.69, 9.17) is 4.74 Å². The fraction of sp³-hybridized carbons (Fsp3) is 0.400. The van der Waals surface area contributed by atoms with Crippen LogP contribution in [0, 0.1) is 6.92 Å². The summed E-state index contributed by atoms with van der Waals surface area (Å²) in [5.74, 6) is 0.0919. The third-order valence-electron chi connectivity index (χ3n) is 4.09. The summed E-state index contributed by atoms with van der Waals surface area (Å²) in [6.45, 7) is 1.83. The predicted octanol–water partition coefficient (Wildman–Crippen LogP) is 2.75. The number of nitrogens with zero attached hydrogens (tertiary/aromatic N) is 2. The van der Waals surface area contributed by atoms with Gasteiger partial charge in [-0.15, -0.1) is 5.10 Å². The highest BCUT2D eigenvalue weighted by molar-refractivity contribution is 5.91. The number of hydrogen-bond donors (Lipinski definition) is 2. The van der Waals surface area contributed by atoms with Crippen molar-refractivity contribution >= 4 is 5.97 Å². The maximum Gasteiger partial charge on any atom is 0.335 e. The first-order valence-electron chi connectivity index (χ1n) is 6.95. The molecule has 3 rings (SSSR count). The average Bonchev–Trinajstić information content (AvgIpc) is 2.85. The van der Waals surface area contributed by atoms with Crippen LogP contribution in [0.2, 0.25) is 0 Å². The number of H-pyrrole nitrogens is 1. The second-order valence-corrected chi connectivity index (χ2v) is 5.37. The fourth-order valence-electron chi connectivity index (χ4n) is 2.68. The van der Waals surface area contributed by atoms with Gasteiger partial charge in [-0.1, -0.05) is 17.6 Å². The summed E-state index contributed by atoms with van der Waals surface area (Å²) in [6, 6.07) is 3.98. The molecule has 0 bridgehead atoms. The van der Waals surface area contributed by atoms with Crippen molar-refractivity contribution in [2.45, 2.75) is 32.1 Å². The van der Waals surface area contributed by atoms with E-state index in [2.05, 4.69) is 15.2 Å². The number of rotatable bonds is 4. The topological polar surface area (TPSA) is 88.1 Å². The molecule has 6 heteroatoms. The molecular formula is C15H17N3O3. The fourth-order valence-corrected chi connectivity index (χ4v) is 2.68. The Balaban J connectivity index is 2.14. The molecule has 21 heavy (non-hydrogen) atoms. The molecule has 1 aromatic heterocycles. The Hall–Kier alpha value is -2.37. The highest BCUT2D eigenvalue weighted by atomic mass is 16.5. The number of nitrogens with one attached hydrogen (secondary N) is 1. The van der Waals surface area contributed by atoms with Gasteiger partial charge >= 0.3 is 12.0 Å². The minimum atomic E-state index is -0.930. The van der Waals surface area contributed by atoms with Crippen molar-refractivity contribution in [2.24, 2.45) is 0 Å². The van der Waals surface area contributed by atoms with Crippen LogP contribution in [-0.4, -0.2) is 33.4 Å². The van der Waals surface area contributed by atoms with E-state index in [0.29, 0.717) is 23.3 Å². The first-order chi connectivity index (χ1) is 10.1. The number of carbonyl (C=O) groups is 1. The zero-order chi connectivity index (χ0) is 15.0. The van der Waals surface area contributed by atoms with Crippen molar-refractivity contribution < 1.29 is 14.6 Å². The normalized spacial score (nSPS) is 14.8. The van der Waals surface area contributed by atoms with Crippen molar-refractivity contribution in [1.82, 2.24) is 15.2 Å². The lowest BCUT2D eigenvalue weighted by atomic mass is 9.77. The van der Waals surface area contributed by atoms with Gasteiger partial charge in [0.2, 0.25) is 0 Å². The number of carboxylic acid groups (broad SMARTS) is 1. The van der Waals surface area contributed by atoms with E-state index in [-0.39, 0.29) is 0 Å². The summed E-state index contributed by atoms with van der Waals surface area (Å²) < 4.78 is 5.01. The Labute approximate surface area is 122 Å². The molecule has 1 saturated carbocycles. The van der Waals surface area contributed by atoms with E-state index < -0.39 is 5.97 Å². The molecule has 0 unspecified atom stereocenters. The van der Waals surface area contributed by atoms with Crippen molar-refractivity contribution in [3.8, 4) is 17.4 Å². The van der Waals surface area contributed by atoms with E-state index in [1.165, 1.54) is 13.5 Å². The lowest BCUT2D eigenvalue weighted by Crippen LogP contribution is -2.12. The van der Waals surface area contributed by atoms with Crippen molar-refractivity contribution in [1.29, 1.82) is 0 Å². The summed E-state index contributed by atoms with van der Waals surface area (Å²) >= 11 is 0. The Morgan fingerprint density at radius 2 is 2.14 bits per heavy atom. The first-order valence-corrected chi connectivity index (χ1v) is 6.95. The predicted molar refractivity (Wildman–Crippen MR) is 76.7 cm³/mol. The van der Waals surface area contributed by atoms with Gasteiger partial charge in [-0.05, 0) is 42.9 Å². The number of aromatic nitrogens is 3. The molecule has 6 nitrogen and oxygen atoms in total. The van der Waals surface area contributed by atoms with Crippen LogP contribution in [0.15, 0.2) is 12.1 Å². The van der Waals surface area contributed by atoms with E-state index in [1.54, 1.807) is 6.07 Å². The molecule has 0 saturated heterocycles. The van der Waals surface area contributed by atoms with E-state index in [9.17, 15) is 9.90 Å². The van der Waals surface area contributed by atoms with Crippen molar-refractivity contribution in [3.05, 3.63) is 28.8 Å². The highest BCUT2D eigenvalue weighted by Gasteiger charge is 2.26. The van der Waals surface area contributed by atoms with Crippen LogP contribution < -0.4 is 4.74 Å². The molecule has 2 N–H and O–H groups in total. The number of aromatic amines is 1. The number of carboxylic acids is 1. The largest absolute Gasteiger partial charge is 0.478 e. The number of ether oxygens (including phenoxy) is 1. The second-order valence-electron chi connectivity index (χ2n) is 5.37. The minimum Gasteiger partial charge on any atom is -0.478 e. The molecule has 1 aliphatic carbocycles. The Bertz CT molecular complexity index is 689. The summed E-state index contributed by atoms with van der Waals surface area (Å²) in [6.07, 6.45) is 3.47. The van der Waals surface area contributed by atoms with Gasteiger partial charge in [-0.2, -0.15) is 0 Å². The van der Waals surface area contributed by atoms with Gasteiger partial charge < -0.3 is 9.84 Å². The van der Waals surface area contributed by atoms with E-state index >= 15 is 0 Å². The van der Waals surface area contributed by atoms with E-state index in [0.717, 1.165) is 29.5 Å². The molecule has 0 atom stereocenters. The van der Waals surface area contributed by atoms with Crippen LogP contribution >= 0.6 is 0 Å². The van der Waals surface area contributed by atoms with Crippen LogP contribution in [-0.2, 0) is 0 Å². The molecule has 110 valence electrons. The van der Waals surface area contributed by atoms with Crippen LogP contribution in [0.1, 0.15) is 46.7 Å².